The Morgan fingerprint density at radius 3 is 2.36 bits per heavy atom. The number of aromatic hydroxyl groups is 1. The molecule has 1 saturated heterocycles. The molecule has 0 saturated carbocycles. The van der Waals surface area contributed by atoms with Crippen molar-refractivity contribution in [3.8, 4) is 11.4 Å². The molecular formula is C25H24N4O4. The van der Waals surface area contributed by atoms with E-state index in [0.717, 1.165) is 33.1 Å². The molecule has 1 aromatic heterocycles. The van der Waals surface area contributed by atoms with Crippen molar-refractivity contribution in [2.45, 2.75) is 20.8 Å². The highest BCUT2D eigenvalue weighted by Crippen LogP contribution is 2.25. The van der Waals surface area contributed by atoms with Crippen LogP contribution in [0.3, 0.4) is 0 Å². The highest BCUT2D eigenvalue weighted by molar-refractivity contribution is 6.16. The lowest BCUT2D eigenvalue weighted by Gasteiger charge is -2.12. The number of urea groups is 1. The maximum absolute atomic E-state index is 12.8. The first-order valence-corrected chi connectivity index (χ1v) is 10.4. The lowest BCUT2D eigenvalue weighted by molar-refractivity contribution is -0.127. The van der Waals surface area contributed by atoms with Gasteiger partial charge in [0, 0.05) is 22.8 Å². The lowest BCUT2D eigenvalue weighted by Crippen LogP contribution is -2.38. The number of carbonyl (C=O) groups excluding carboxylic acids is 3. The predicted octanol–water partition coefficient (Wildman–Crippen LogP) is 3.64. The third-order valence-corrected chi connectivity index (χ3v) is 5.48. The largest absolute Gasteiger partial charge is 0.508 e. The van der Waals surface area contributed by atoms with Gasteiger partial charge in [-0.25, -0.2) is 9.69 Å². The molecule has 0 radical (unpaired) electrons. The maximum Gasteiger partial charge on any atom is 0.329 e. The summed E-state index contributed by atoms with van der Waals surface area (Å²) in [4.78, 5) is 38.4. The zero-order valence-electron chi connectivity index (χ0n) is 18.5. The van der Waals surface area contributed by atoms with E-state index < -0.39 is 17.8 Å². The van der Waals surface area contributed by atoms with Crippen molar-refractivity contribution in [3.63, 3.8) is 0 Å². The third-order valence-electron chi connectivity index (χ3n) is 5.48. The topological polar surface area (TPSA) is 104 Å². The van der Waals surface area contributed by atoms with E-state index in [1.165, 1.54) is 0 Å². The van der Waals surface area contributed by atoms with Gasteiger partial charge in [-0.1, -0.05) is 17.7 Å². The first-order chi connectivity index (χ1) is 15.7. The maximum atomic E-state index is 12.8. The van der Waals surface area contributed by atoms with Crippen LogP contribution in [0.4, 0.5) is 10.5 Å². The molecule has 1 fully saturated rings. The summed E-state index contributed by atoms with van der Waals surface area (Å²) in [5.41, 5.74) is 5.17. The SMILES string of the molecule is Cc1ccc(NC(=O)CN2C(=O)N/C(=C\c3cc(C)n(-c4ccc(O)cc4)c3C)C2=O)cc1. The number of rotatable bonds is 5. The number of nitrogens with one attached hydrogen (secondary N) is 2. The predicted molar refractivity (Wildman–Crippen MR) is 125 cm³/mol. The van der Waals surface area contributed by atoms with Gasteiger partial charge in [-0.3, -0.25) is 9.59 Å². The number of hydrogen-bond acceptors (Lipinski definition) is 4. The lowest BCUT2D eigenvalue weighted by atomic mass is 10.2. The Balaban J connectivity index is 1.52. The number of amides is 4. The fourth-order valence-electron chi connectivity index (χ4n) is 3.78. The number of phenols is 1. The zero-order valence-corrected chi connectivity index (χ0v) is 18.5. The van der Waals surface area contributed by atoms with Crippen LogP contribution in [0.25, 0.3) is 11.8 Å². The molecule has 0 bridgehead atoms. The summed E-state index contributed by atoms with van der Waals surface area (Å²) in [6.45, 7) is 5.39. The Hall–Kier alpha value is -4.33. The Kier molecular flexibility index (Phi) is 5.74. The van der Waals surface area contributed by atoms with E-state index in [1.54, 1.807) is 42.5 Å². The van der Waals surface area contributed by atoms with Crippen LogP contribution in [-0.2, 0) is 9.59 Å². The number of hydrogen-bond donors (Lipinski definition) is 3. The zero-order chi connectivity index (χ0) is 23.7. The van der Waals surface area contributed by atoms with Gasteiger partial charge in [-0.05, 0) is 74.9 Å². The number of carbonyl (C=O) groups is 3. The van der Waals surface area contributed by atoms with Gasteiger partial charge in [0.15, 0.2) is 0 Å². The van der Waals surface area contributed by atoms with E-state index in [2.05, 4.69) is 10.6 Å². The van der Waals surface area contributed by atoms with Gasteiger partial charge >= 0.3 is 6.03 Å². The standard InChI is InChI=1S/C25H24N4O4/c1-15-4-6-19(7-5-15)26-23(31)14-28-24(32)22(27-25(28)33)13-18-12-16(2)29(17(18)3)20-8-10-21(30)11-9-20/h4-13,30H,14H2,1-3H3,(H,26,31)(H,27,33)/b22-13-. The van der Waals surface area contributed by atoms with Crippen molar-refractivity contribution in [1.29, 1.82) is 0 Å². The number of aromatic nitrogens is 1. The smallest absolute Gasteiger partial charge is 0.329 e. The Morgan fingerprint density at radius 2 is 1.70 bits per heavy atom. The van der Waals surface area contributed by atoms with Crippen LogP contribution in [0.15, 0.2) is 60.3 Å². The Labute approximate surface area is 191 Å². The number of anilines is 1. The van der Waals surface area contributed by atoms with Crippen LogP contribution >= 0.6 is 0 Å². The molecule has 8 heteroatoms. The number of aryl methyl sites for hydroxylation is 2. The van der Waals surface area contributed by atoms with E-state index in [1.807, 2.05) is 43.5 Å². The molecule has 2 aromatic carbocycles. The number of imide groups is 1. The molecule has 2 heterocycles. The van der Waals surface area contributed by atoms with Gasteiger partial charge in [0.2, 0.25) is 5.91 Å². The van der Waals surface area contributed by atoms with E-state index in [-0.39, 0.29) is 18.0 Å². The first-order valence-electron chi connectivity index (χ1n) is 10.4. The van der Waals surface area contributed by atoms with E-state index in [9.17, 15) is 19.5 Å². The molecule has 3 N–H and O–H groups in total. The van der Waals surface area contributed by atoms with Crippen LogP contribution in [0.2, 0.25) is 0 Å². The summed E-state index contributed by atoms with van der Waals surface area (Å²) < 4.78 is 1.99. The second kappa shape index (κ2) is 8.66. The average molecular weight is 444 g/mol. The van der Waals surface area contributed by atoms with Crippen LogP contribution in [-0.4, -0.2) is 39.0 Å². The summed E-state index contributed by atoms with van der Waals surface area (Å²) in [6.07, 6.45) is 1.61. The molecule has 4 rings (SSSR count). The normalized spacial score (nSPS) is 14.6. The molecular weight excluding hydrogens is 420 g/mol. The molecule has 1 aliphatic heterocycles. The minimum Gasteiger partial charge on any atom is -0.508 e. The second-order valence-electron chi connectivity index (χ2n) is 7.97. The van der Waals surface area contributed by atoms with Gasteiger partial charge in [-0.15, -0.1) is 0 Å². The molecule has 0 aliphatic carbocycles. The van der Waals surface area contributed by atoms with Crippen molar-refractivity contribution in [3.05, 3.63) is 82.8 Å². The monoisotopic (exact) mass is 444 g/mol. The van der Waals surface area contributed by atoms with E-state index in [4.69, 9.17) is 0 Å². The summed E-state index contributed by atoms with van der Waals surface area (Å²) in [5, 5.41) is 14.8. The van der Waals surface area contributed by atoms with Crippen LogP contribution in [0, 0.1) is 20.8 Å². The van der Waals surface area contributed by atoms with Gasteiger partial charge < -0.3 is 20.3 Å². The second-order valence-corrected chi connectivity index (χ2v) is 7.97. The van der Waals surface area contributed by atoms with Crippen molar-refractivity contribution >= 4 is 29.6 Å². The number of phenolic OH excluding ortho intramolecular Hbond substituents is 1. The Morgan fingerprint density at radius 1 is 1.03 bits per heavy atom. The molecule has 33 heavy (non-hydrogen) atoms. The molecule has 3 aromatic rings. The average Bonchev–Trinajstić information content (AvgIpc) is 3.20. The molecule has 0 spiro atoms. The molecule has 0 unspecified atom stereocenters. The third kappa shape index (κ3) is 4.50. The fourth-order valence-corrected chi connectivity index (χ4v) is 3.78. The van der Waals surface area contributed by atoms with Crippen molar-refractivity contribution in [1.82, 2.24) is 14.8 Å². The highest BCUT2D eigenvalue weighted by atomic mass is 16.3. The summed E-state index contributed by atoms with van der Waals surface area (Å²) in [6, 6.07) is 15.3. The minimum absolute atomic E-state index is 0.106. The molecule has 0 atom stereocenters. The van der Waals surface area contributed by atoms with E-state index in [0.29, 0.717) is 5.69 Å². The van der Waals surface area contributed by atoms with E-state index >= 15 is 0 Å². The van der Waals surface area contributed by atoms with Crippen LogP contribution < -0.4 is 10.6 Å². The van der Waals surface area contributed by atoms with Gasteiger partial charge in [0.25, 0.3) is 5.91 Å². The van der Waals surface area contributed by atoms with Crippen LogP contribution in [0.5, 0.6) is 5.75 Å². The molecule has 8 nitrogen and oxygen atoms in total. The molecule has 1 aliphatic rings. The van der Waals surface area contributed by atoms with Crippen molar-refractivity contribution in [2.24, 2.45) is 0 Å². The summed E-state index contributed by atoms with van der Waals surface area (Å²) >= 11 is 0. The first kappa shape index (κ1) is 21.9. The number of benzene rings is 2. The van der Waals surface area contributed by atoms with Gasteiger partial charge in [0.05, 0.1) is 0 Å². The minimum atomic E-state index is -0.641. The number of nitrogens with zero attached hydrogens (tertiary/aromatic N) is 2. The summed E-state index contributed by atoms with van der Waals surface area (Å²) in [7, 11) is 0. The highest BCUT2D eigenvalue weighted by Gasteiger charge is 2.35. The van der Waals surface area contributed by atoms with Crippen molar-refractivity contribution in [2.75, 3.05) is 11.9 Å². The van der Waals surface area contributed by atoms with Crippen LogP contribution in [0.1, 0.15) is 22.5 Å². The Bertz CT molecular complexity index is 1270. The molecule has 168 valence electrons. The van der Waals surface area contributed by atoms with Crippen molar-refractivity contribution < 1.29 is 19.5 Å². The molecule has 4 amide bonds. The van der Waals surface area contributed by atoms with Gasteiger partial charge in [0.1, 0.15) is 18.0 Å². The fraction of sp³-hybridized carbons (Fsp3) is 0.160. The summed E-state index contributed by atoms with van der Waals surface area (Å²) in [5.74, 6) is -0.850. The quantitative estimate of drug-likeness (QED) is 0.413. The van der Waals surface area contributed by atoms with Gasteiger partial charge in [-0.2, -0.15) is 0 Å².